The summed E-state index contributed by atoms with van der Waals surface area (Å²) in [6.07, 6.45) is 3.01. The van der Waals surface area contributed by atoms with E-state index in [2.05, 4.69) is 60.2 Å². The van der Waals surface area contributed by atoms with Crippen LogP contribution in [0.3, 0.4) is 0 Å². The van der Waals surface area contributed by atoms with Gasteiger partial charge < -0.3 is 15.5 Å². The van der Waals surface area contributed by atoms with Gasteiger partial charge in [-0.3, -0.25) is 4.90 Å². The fourth-order valence-corrected chi connectivity index (χ4v) is 4.00. The van der Waals surface area contributed by atoms with Crippen LogP contribution in [-0.4, -0.2) is 73.1 Å². The van der Waals surface area contributed by atoms with Gasteiger partial charge in [-0.05, 0) is 26.3 Å². The minimum atomic E-state index is 0.527. The van der Waals surface area contributed by atoms with Gasteiger partial charge in [0.2, 0.25) is 0 Å². The summed E-state index contributed by atoms with van der Waals surface area (Å²) >= 11 is 1.76. The second-order valence-electron chi connectivity index (χ2n) is 7.30. The summed E-state index contributed by atoms with van der Waals surface area (Å²) in [5, 5.41) is 8.01. The number of hydrogen-bond donors (Lipinski definition) is 2. The summed E-state index contributed by atoms with van der Waals surface area (Å²) in [7, 11) is 2.21. The first kappa shape index (κ1) is 21.1. The lowest BCUT2D eigenvalue weighted by Crippen LogP contribution is -2.55. The van der Waals surface area contributed by atoms with E-state index in [1.165, 1.54) is 4.88 Å². The molecule has 0 bridgehead atoms. The zero-order valence-corrected chi connectivity index (χ0v) is 17.9. The number of aliphatic imine (C=N–C) groups is 1. The van der Waals surface area contributed by atoms with Gasteiger partial charge in [0.15, 0.2) is 5.96 Å². The number of piperazine rings is 1. The smallest absolute Gasteiger partial charge is 0.191 e. The Balaban J connectivity index is 1.92. The number of hydrogen-bond acceptors (Lipinski definition) is 5. The Morgan fingerprint density at radius 2 is 1.96 bits per heavy atom. The highest BCUT2D eigenvalue weighted by molar-refractivity contribution is 7.11. The van der Waals surface area contributed by atoms with E-state index < -0.39 is 0 Å². The molecule has 0 spiro atoms. The molecule has 1 aromatic heterocycles. The highest BCUT2D eigenvalue weighted by Crippen LogP contribution is 2.14. The normalized spacial score (nSPS) is 18.3. The molecule has 1 aliphatic rings. The van der Waals surface area contributed by atoms with Gasteiger partial charge in [0.1, 0.15) is 5.01 Å². The van der Waals surface area contributed by atoms with E-state index in [0.717, 1.165) is 56.7 Å². The van der Waals surface area contributed by atoms with E-state index >= 15 is 0 Å². The van der Waals surface area contributed by atoms with Gasteiger partial charge in [-0.2, -0.15) is 0 Å². The van der Waals surface area contributed by atoms with Gasteiger partial charge >= 0.3 is 0 Å². The van der Waals surface area contributed by atoms with E-state index in [-0.39, 0.29) is 0 Å². The van der Waals surface area contributed by atoms with Crippen LogP contribution in [0.4, 0.5) is 0 Å². The maximum Gasteiger partial charge on any atom is 0.191 e. The van der Waals surface area contributed by atoms with Crippen molar-refractivity contribution >= 4 is 17.3 Å². The average Bonchev–Trinajstić information content (AvgIpc) is 3.09. The van der Waals surface area contributed by atoms with Crippen molar-refractivity contribution in [2.45, 2.75) is 46.7 Å². The van der Waals surface area contributed by atoms with Gasteiger partial charge in [-0.1, -0.05) is 20.8 Å². The molecule has 0 aliphatic carbocycles. The van der Waals surface area contributed by atoms with Crippen LogP contribution in [-0.2, 0) is 13.0 Å². The second kappa shape index (κ2) is 10.8. The lowest BCUT2D eigenvalue weighted by Gasteiger charge is -2.40. The van der Waals surface area contributed by atoms with E-state index in [9.17, 15) is 0 Å². The van der Waals surface area contributed by atoms with Crippen molar-refractivity contribution in [3.8, 4) is 0 Å². The summed E-state index contributed by atoms with van der Waals surface area (Å²) in [6.45, 7) is 15.9. The lowest BCUT2D eigenvalue weighted by atomic mass is 10.0. The zero-order chi connectivity index (χ0) is 18.9. The van der Waals surface area contributed by atoms with Crippen molar-refractivity contribution in [2.24, 2.45) is 10.9 Å². The van der Waals surface area contributed by atoms with Crippen molar-refractivity contribution in [1.82, 2.24) is 25.4 Å². The van der Waals surface area contributed by atoms with Crippen molar-refractivity contribution in [1.29, 1.82) is 0 Å². The zero-order valence-electron chi connectivity index (χ0n) is 17.1. The molecular weight excluding hydrogens is 344 g/mol. The molecule has 0 amide bonds. The molecule has 1 fully saturated rings. The van der Waals surface area contributed by atoms with Crippen LogP contribution in [0.1, 0.15) is 37.6 Å². The highest BCUT2D eigenvalue weighted by atomic mass is 32.1. The number of nitrogens with one attached hydrogen (secondary N) is 2. The molecule has 6 nitrogen and oxygen atoms in total. The first-order chi connectivity index (χ1) is 12.5. The second-order valence-corrected chi connectivity index (χ2v) is 8.50. The number of nitrogens with zero attached hydrogens (tertiary/aromatic N) is 4. The Morgan fingerprint density at radius 3 is 2.54 bits per heavy atom. The third kappa shape index (κ3) is 6.52. The lowest BCUT2D eigenvalue weighted by molar-refractivity contribution is 0.0900. The predicted molar refractivity (Wildman–Crippen MR) is 112 cm³/mol. The van der Waals surface area contributed by atoms with Crippen molar-refractivity contribution in [3.05, 3.63) is 16.1 Å². The van der Waals surface area contributed by atoms with E-state index in [1.807, 2.05) is 6.20 Å². The Bertz CT molecular complexity index is 548. The maximum atomic E-state index is 4.74. The number of rotatable bonds is 8. The number of guanidine groups is 1. The van der Waals surface area contributed by atoms with Crippen molar-refractivity contribution < 1.29 is 0 Å². The van der Waals surface area contributed by atoms with Crippen LogP contribution in [0.2, 0.25) is 0 Å². The molecule has 1 saturated heterocycles. The molecule has 1 aromatic rings. The molecule has 0 aromatic carbocycles. The highest BCUT2D eigenvalue weighted by Gasteiger charge is 2.25. The predicted octanol–water partition coefficient (Wildman–Crippen LogP) is 2.03. The van der Waals surface area contributed by atoms with Crippen LogP contribution in [0.15, 0.2) is 11.2 Å². The minimum Gasteiger partial charge on any atom is -0.357 e. The number of thiazole rings is 1. The molecule has 1 aliphatic heterocycles. The fraction of sp³-hybridized carbons (Fsp3) is 0.789. The standard InChI is InChI=1S/C19H36N6S/c1-6-16-12-21-18(26-16)14-23-19(20-7-2)22-13-17(15(3)4)25-10-8-24(5)9-11-25/h12,15,17H,6-11,13-14H2,1-5H3,(H2,20,22,23). The summed E-state index contributed by atoms with van der Waals surface area (Å²) in [5.41, 5.74) is 0. The van der Waals surface area contributed by atoms with Crippen molar-refractivity contribution in [3.63, 3.8) is 0 Å². The van der Waals surface area contributed by atoms with E-state index in [1.54, 1.807) is 11.3 Å². The van der Waals surface area contributed by atoms with Crippen LogP contribution >= 0.6 is 11.3 Å². The molecular formula is C19H36N6S. The Hall–Kier alpha value is -1.18. The van der Waals surface area contributed by atoms with Gasteiger partial charge in [0, 0.05) is 56.4 Å². The molecule has 1 atom stereocenters. The number of aryl methyl sites for hydroxylation is 1. The quantitative estimate of drug-likeness (QED) is 0.534. The Morgan fingerprint density at radius 1 is 1.23 bits per heavy atom. The number of aromatic nitrogens is 1. The monoisotopic (exact) mass is 380 g/mol. The molecule has 0 saturated carbocycles. The molecule has 148 valence electrons. The molecule has 1 unspecified atom stereocenters. The molecule has 0 radical (unpaired) electrons. The fourth-order valence-electron chi connectivity index (χ4n) is 3.21. The van der Waals surface area contributed by atoms with Crippen LogP contribution in [0, 0.1) is 5.92 Å². The molecule has 7 heteroatoms. The number of likely N-dealkylation sites (N-methyl/N-ethyl adjacent to an activating group) is 1. The largest absolute Gasteiger partial charge is 0.357 e. The summed E-state index contributed by atoms with van der Waals surface area (Å²) < 4.78 is 0. The van der Waals surface area contributed by atoms with E-state index in [4.69, 9.17) is 4.99 Å². The molecule has 2 N–H and O–H groups in total. The Kier molecular flexibility index (Phi) is 8.81. The SMILES string of the molecule is CCNC(=NCc1ncc(CC)s1)NCC(C(C)C)N1CCN(C)CC1. The van der Waals surface area contributed by atoms with Gasteiger partial charge in [0.25, 0.3) is 0 Å². The maximum absolute atomic E-state index is 4.74. The summed E-state index contributed by atoms with van der Waals surface area (Å²) in [6, 6.07) is 0.527. The topological polar surface area (TPSA) is 55.8 Å². The van der Waals surface area contributed by atoms with Gasteiger partial charge in [0.05, 0.1) is 6.54 Å². The van der Waals surface area contributed by atoms with Gasteiger partial charge in [-0.25, -0.2) is 9.98 Å². The summed E-state index contributed by atoms with van der Waals surface area (Å²) in [5.74, 6) is 1.50. The minimum absolute atomic E-state index is 0.527. The Labute approximate surface area is 163 Å². The average molecular weight is 381 g/mol. The van der Waals surface area contributed by atoms with Crippen LogP contribution in [0.5, 0.6) is 0 Å². The first-order valence-electron chi connectivity index (χ1n) is 9.91. The molecule has 26 heavy (non-hydrogen) atoms. The molecule has 2 heterocycles. The van der Waals surface area contributed by atoms with Crippen molar-refractivity contribution in [2.75, 3.05) is 46.3 Å². The molecule has 2 rings (SSSR count). The van der Waals surface area contributed by atoms with Crippen LogP contribution in [0.25, 0.3) is 0 Å². The third-order valence-electron chi connectivity index (χ3n) is 4.92. The first-order valence-corrected chi connectivity index (χ1v) is 10.7. The van der Waals surface area contributed by atoms with E-state index in [0.29, 0.717) is 18.5 Å². The van der Waals surface area contributed by atoms with Gasteiger partial charge in [-0.15, -0.1) is 11.3 Å². The van der Waals surface area contributed by atoms with Crippen LogP contribution < -0.4 is 10.6 Å². The summed E-state index contributed by atoms with van der Waals surface area (Å²) in [4.78, 5) is 15.6. The third-order valence-corrected chi connectivity index (χ3v) is 6.05.